The molecule has 1 N–H and O–H groups in total. The van der Waals surface area contributed by atoms with Crippen molar-refractivity contribution >= 4 is 45.3 Å². The highest BCUT2D eigenvalue weighted by Gasteiger charge is 2.50. The number of ether oxygens (including phenoxy) is 2. The SMILES string of the molecule is CC(C)Oc1ccc(F)cc1C(=O)NC1(c2ccc(Br)cc2)CN(C(=O)C2Cc3ccc(Cl)cc3C(=O)O2)C1. The first kappa shape index (κ1) is 27.1. The Kier molecular flexibility index (Phi) is 7.39. The fourth-order valence-corrected chi connectivity index (χ4v) is 5.31. The standard InChI is InChI=1S/C29H25BrClFN2O5/c1-16(2)38-24-10-9-21(32)13-23(24)26(35)33-29(18-4-6-19(30)7-5-18)14-34(15-29)27(36)25-11-17-3-8-20(31)12-22(17)28(37)39-25/h3-10,12-13,16,25H,11,14-15H2,1-2H3,(H,33,35). The first-order chi connectivity index (χ1) is 18.5. The van der Waals surface area contributed by atoms with Crippen LogP contribution in [0.4, 0.5) is 4.39 Å². The summed E-state index contributed by atoms with van der Waals surface area (Å²) in [5.74, 6) is -1.81. The van der Waals surface area contributed by atoms with Gasteiger partial charge in [0.25, 0.3) is 11.8 Å². The Morgan fingerprint density at radius 1 is 1.13 bits per heavy atom. The second-order valence-electron chi connectivity index (χ2n) is 9.94. The molecule has 1 saturated heterocycles. The van der Waals surface area contributed by atoms with E-state index in [2.05, 4.69) is 21.2 Å². The molecule has 2 heterocycles. The molecule has 1 fully saturated rings. The van der Waals surface area contributed by atoms with Crippen LogP contribution >= 0.6 is 27.5 Å². The molecule has 1 atom stereocenters. The van der Waals surface area contributed by atoms with Crippen LogP contribution in [0.25, 0.3) is 0 Å². The zero-order valence-electron chi connectivity index (χ0n) is 21.2. The summed E-state index contributed by atoms with van der Waals surface area (Å²) in [6, 6.07) is 16.1. The first-order valence-electron chi connectivity index (χ1n) is 12.4. The quantitative estimate of drug-likeness (QED) is 0.382. The number of carbonyl (C=O) groups is 3. The second-order valence-corrected chi connectivity index (χ2v) is 11.3. The molecular weight excluding hydrogens is 591 g/mol. The van der Waals surface area contributed by atoms with Crippen molar-refractivity contribution in [3.05, 3.63) is 98.2 Å². The van der Waals surface area contributed by atoms with Crippen molar-refractivity contribution in [2.24, 2.45) is 0 Å². The van der Waals surface area contributed by atoms with E-state index in [0.717, 1.165) is 16.1 Å². The highest BCUT2D eigenvalue weighted by Crippen LogP contribution is 2.36. The molecule has 0 spiro atoms. The van der Waals surface area contributed by atoms with E-state index < -0.39 is 29.3 Å². The fourth-order valence-electron chi connectivity index (χ4n) is 4.88. The van der Waals surface area contributed by atoms with Gasteiger partial charge in [-0.2, -0.15) is 0 Å². The number of rotatable bonds is 6. The predicted octanol–water partition coefficient (Wildman–Crippen LogP) is 5.28. The number of benzene rings is 3. The van der Waals surface area contributed by atoms with Crippen molar-refractivity contribution in [3.63, 3.8) is 0 Å². The maximum absolute atomic E-state index is 14.1. The minimum absolute atomic E-state index is 0.0569. The predicted molar refractivity (Wildman–Crippen MR) is 146 cm³/mol. The van der Waals surface area contributed by atoms with E-state index >= 15 is 0 Å². The zero-order valence-corrected chi connectivity index (χ0v) is 23.5. The Bertz CT molecular complexity index is 1460. The van der Waals surface area contributed by atoms with Crippen LogP contribution in [0.15, 0.2) is 65.1 Å². The molecule has 2 aliphatic heterocycles. The minimum Gasteiger partial charge on any atom is -0.490 e. The molecule has 10 heteroatoms. The van der Waals surface area contributed by atoms with Gasteiger partial charge in [0.1, 0.15) is 17.1 Å². The van der Waals surface area contributed by atoms with Crippen LogP contribution in [0.5, 0.6) is 5.75 Å². The van der Waals surface area contributed by atoms with Gasteiger partial charge in [0.05, 0.1) is 17.2 Å². The summed E-state index contributed by atoms with van der Waals surface area (Å²) >= 11 is 9.43. The summed E-state index contributed by atoms with van der Waals surface area (Å²) in [4.78, 5) is 41.0. The lowest BCUT2D eigenvalue weighted by atomic mass is 9.81. The Hall–Kier alpha value is -3.43. The van der Waals surface area contributed by atoms with E-state index in [0.29, 0.717) is 16.1 Å². The van der Waals surface area contributed by atoms with Crippen molar-refractivity contribution in [1.82, 2.24) is 10.2 Å². The van der Waals surface area contributed by atoms with Crippen molar-refractivity contribution in [2.75, 3.05) is 13.1 Å². The number of hydrogen-bond acceptors (Lipinski definition) is 5. The highest BCUT2D eigenvalue weighted by atomic mass is 79.9. The molecule has 0 aromatic heterocycles. The van der Waals surface area contributed by atoms with Gasteiger partial charge in [0.15, 0.2) is 6.10 Å². The fraction of sp³-hybridized carbons (Fsp3) is 0.276. The number of carbonyl (C=O) groups excluding carboxylic acids is 3. The molecule has 0 saturated carbocycles. The van der Waals surface area contributed by atoms with E-state index in [-0.39, 0.29) is 42.8 Å². The zero-order chi connectivity index (χ0) is 27.9. The average Bonchev–Trinajstić information content (AvgIpc) is 2.87. The lowest BCUT2D eigenvalue weighted by Gasteiger charge is -2.51. The van der Waals surface area contributed by atoms with Crippen LogP contribution in [0.1, 0.15) is 45.7 Å². The minimum atomic E-state index is -0.987. The van der Waals surface area contributed by atoms with Gasteiger partial charge >= 0.3 is 5.97 Å². The normalized spacial score (nSPS) is 17.6. The van der Waals surface area contributed by atoms with Gasteiger partial charge in [0, 0.05) is 29.0 Å². The first-order valence-corrected chi connectivity index (χ1v) is 13.5. The molecule has 3 aromatic carbocycles. The Morgan fingerprint density at radius 3 is 2.54 bits per heavy atom. The Morgan fingerprint density at radius 2 is 1.85 bits per heavy atom. The number of nitrogens with one attached hydrogen (secondary N) is 1. The molecule has 0 aliphatic carbocycles. The molecule has 7 nitrogen and oxygen atoms in total. The molecule has 0 radical (unpaired) electrons. The van der Waals surface area contributed by atoms with E-state index in [1.807, 2.05) is 38.1 Å². The summed E-state index contributed by atoms with van der Waals surface area (Å²) in [5.41, 5.74) is 0.915. The third-order valence-corrected chi connectivity index (χ3v) is 7.52. The average molecular weight is 616 g/mol. The molecule has 2 aliphatic rings. The van der Waals surface area contributed by atoms with Crippen LogP contribution in [-0.4, -0.2) is 48.0 Å². The van der Waals surface area contributed by atoms with Crippen LogP contribution in [0.2, 0.25) is 5.02 Å². The smallest absolute Gasteiger partial charge is 0.339 e. The Labute approximate surface area is 238 Å². The van der Waals surface area contributed by atoms with Gasteiger partial charge in [-0.3, -0.25) is 9.59 Å². The lowest BCUT2D eigenvalue weighted by Crippen LogP contribution is -2.70. The lowest BCUT2D eigenvalue weighted by molar-refractivity contribution is -0.150. The van der Waals surface area contributed by atoms with Crippen molar-refractivity contribution in [2.45, 2.75) is 38.0 Å². The van der Waals surface area contributed by atoms with E-state index in [9.17, 15) is 18.8 Å². The van der Waals surface area contributed by atoms with E-state index in [1.54, 1.807) is 12.1 Å². The largest absolute Gasteiger partial charge is 0.490 e. The summed E-state index contributed by atoms with van der Waals surface area (Å²) in [6.07, 6.45) is -0.984. The van der Waals surface area contributed by atoms with Gasteiger partial charge in [-0.05, 0) is 67.4 Å². The topological polar surface area (TPSA) is 84.9 Å². The van der Waals surface area contributed by atoms with Gasteiger partial charge in [-0.25, -0.2) is 9.18 Å². The summed E-state index contributed by atoms with van der Waals surface area (Å²) < 4.78 is 26.2. The maximum Gasteiger partial charge on any atom is 0.339 e. The second kappa shape index (κ2) is 10.6. The highest BCUT2D eigenvalue weighted by molar-refractivity contribution is 9.10. The number of cyclic esters (lactones) is 1. The Balaban J connectivity index is 1.39. The monoisotopic (exact) mass is 614 g/mol. The number of fused-ring (bicyclic) bond motifs is 1. The maximum atomic E-state index is 14.1. The molecular formula is C29H25BrClFN2O5. The molecule has 0 bridgehead atoms. The molecule has 5 rings (SSSR count). The van der Waals surface area contributed by atoms with E-state index in [1.165, 1.54) is 23.1 Å². The van der Waals surface area contributed by atoms with Gasteiger partial charge in [-0.1, -0.05) is 45.7 Å². The third-order valence-electron chi connectivity index (χ3n) is 6.75. The summed E-state index contributed by atoms with van der Waals surface area (Å²) in [7, 11) is 0. The molecule has 202 valence electrons. The van der Waals surface area contributed by atoms with Crippen molar-refractivity contribution in [1.29, 1.82) is 0 Å². The molecule has 3 aromatic rings. The summed E-state index contributed by atoms with van der Waals surface area (Å²) in [6.45, 7) is 3.90. The van der Waals surface area contributed by atoms with Crippen LogP contribution < -0.4 is 10.1 Å². The number of halogens is 3. The van der Waals surface area contributed by atoms with Gasteiger partial charge in [-0.15, -0.1) is 0 Å². The number of nitrogens with zero attached hydrogens (tertiary/aromatic N) is 1. The van der Waals surface area contributed by atoms with Gasteiger partial charge in [0.2, 0.25) is 0 Å². The number of amides is 2. The van der Waals surface area contributed by atoms with Crippen LogP contribution in [0, 0.1) is 5.82 Å². The van der Waals surface area contributed by atoms with Crippen LogP contribution in [-0.2, 0) is 21.5 Å². The third kappa shape index (κ3) is 5.51. The van der Waals surface area contributed by atoms with Crippen molar-refractivity contribution in [3.8, 4) is 5.75 Å². The molecule has 1 unspecified atom stereocenters. The molecule has 39 heavy (non-hydrogen) atoms. The number of likely N-dealkylation sites (tertiary alicyclic amines) is 1. The number of hydrogen-bond donors (Lipinski definition) is 1. The summed E-state index contributed by atoms with van der Waals surface area (Å²) in [5, 5.41) is 3.43. The van der Waals surface area contributed by atoms with Gasteiger partial charge < -0.3 is 19.7 Å². The van der Waals surface area contributed by atoms with Crippen LogP contribution in [0.3, 0.4) is 0 Å². The molecule has 2 amide bonds. The van der Waals surface area contributed by atoms with E-state index in [4.69, 9.17) is 21.1 Å². The number of esters is 1. The van der Waals surface area contributed by atoms with Crippen molar-refractivity contribution < 1.29 is 28.2 Å².